The van der Waals surface area contributed by atoms with Crippen LogP contribution in [0.4, 0.5) is 0 Å². The molecule has 0 radical (unpaired) electrons. The maximum absolute atomic E-state index is 11.1. The highest BCUT2D eigenvalue weighted by Gasteiger charge is 1.99. The van der Waals surface area contributed by atoms with Crippen molar-refractivity contribution < 1.29 is 0 Å². The second-order valence-corrected chi connectivity index (χ2v) is 3.11. The van der Waals surface area contributed by atoms with E-state index in [4.69, 9.17) is 0 Å². The van der Waals surface area contributed by atoms with Crippen LogP contribution in [0, 0.1) is 0 Å². The first-order valence-electron chi connectivity index (χ1n) is 3.18. The van der Waals surface area contributed by atoms with Crippen LogP contribution in [0.3, 0.4) is 0 Å². The number of hydrogen-bond acceptors (Lipinski definition) is 3. The number of nitrogens with zero attached hydrogens (tertiary/aromatic N) is 2. The van der Waals surface area contributed by atoms with Gasteiger partial charge in [0.05, 0.1) is 11.0 Å². The molecule has 2 rings (SSSR count). The Balaban J connectivity index is 3.04. The van der Waals surface area contributed by atoms with E-state index in [-0.39, 0.29) is 5.56 Å². The molecule has 0 bridgehead atoms. The summed E-state index contributed by atoms with van der Waals surface area (Å²) >= 11 is 1.48. The molecule has 0 aliphatic carbocycles. The van der Waals surface area contributed by atoms with E-state index in [1.165, 1.54) is 17.4 Å². The molecule has 0 saturated carbocycles. The molecule has 0 atom stereocenters. The van der Waals surface area contributed by atoms with Crippen molar-refractivity contribution in [3.63, 3.8) is 0 Å². The highest BCUT2D eigenvalue weighted by molar-refractivity contribution is 7.16. The Morgan fingerprint density at radius 3 is 3.18 bits per heavy atom. The highest BCUT2D eigenvalue weighted by Crippen LogP contribution is 2.13. The molecule has 0 aromatic carbocycles. The van der Waals surface area contributed by atoms with Crippen LogP contribution in [0.2, 0.25) is 0 Å². The van der Waals surface area contributed by atoms with E-state index in [1.807, 2.05) is 0 Å². The smallest absolute Gasteiger partial charge is 0.251 e. The molecule has 2 heterocycles. The third-order valence-corrected chi connectivity index (χ3v) is 2.51. The molecule has 3 nitrogen and oxygen atoms in total. The minimum absolute atomic E-state index is 0.0155. The van der Waals surface area contributed by atoms with Crippen LogP contribution in [0.15, 0.2) is 22.4 Å². The standard InChI is InChI=1S/C7H6N2OS/c1-9-6(10)3-2-5-7(9)11-4-8-5/h2-4H,1H3. The molecule has 0 spiro atoms. The van der Waals surface area contributed by atoms with Gasteiger partial charge in [-0.2, -0.15) is 0 Å². The predicted octanol–water partition coefficient (Wildman–Crippen LogP) is 0.995. The SMILES string of the molecule is Cn1c(=O)ccc2ncsc21. The lowest BCUT2D eigenvalue weighted by Gasteiger charge is -1.94. The van der Waals surface area contributed by atoms with Crippen molar-refractivity contribution in [1.29, 1.82) is 0 Å². The zero-order valence-electron chi connectivity index (χ0n) is 5.94. The van der Waals surface area contributed by atoms with Crippen LogP contribution in [0.25, 0.3) is 10.3 Å². The van der Waals surface area contributed by atoms with Gasteiger partial charge in [-0.1, -0.05) is 0 Å². The molecule has 11 heavy (non-hydrogen) atoms. The van der Waals surface area contributed by atoms with Gasteiger partial charge in [-0.3, -0.25) is 4.79 Å². The van der Waals surface area contributed by atoms with Crippen LogP contribution in [-0.4, -0.2) is 9.55 Å². The minimum Gasteiger partial charge on any atom is -0.301 e. The van der Waals surface area contributed by atoms with Crippen molar-refractivity contribution in [2.45, 2.75) is 0 Å². The summed E-state index contributed by atoms with van der Waals surface area (Å²) in [5.41, 5.74) is 2.64. The topological polar surface area (TPSA) is 34.9 Å². The Bertz CT molecular complexity index is 443. The molecule has 2 aromatic heterocycles. The second kappa shape index (κ2) is 2.17. The zero-order valence-corrected chi connectivity index (χ0v) is 6.76. The lowest BCUT2D eigenvalue weighted by atomic mass is 10.4. The fourth-order valence-corrected chi connectivity index (χ4v) is 1.73. The van der Waals surface area contributed by atoms with Crippen LogP contribution < -0.4 is 5.56 Å². The number of pyridine rings is 1. The fourth-order valence-electron chi connectivity index (χ4n) is 0.976. The Labute approximate surface area is 66.9 Å². The largest absolute Gasteiger partial charge is 0.301 e. The Hall–Kier alpha value is -1.16. The van der Waals surface area contributed by atoms with Crippen molar-refractivity contribution in [1.82, 2.24) is 9.55 Å². The molecule has 4 heteroatoms. The van der Waals surface area contributed by atoms with Gasteiger partial charge in [0.2, 0.25) is 0 Å². The van der Waals surface area contributed by atoms with Gasteiger partial charge >= 0.3 is 0 Å². The maximum atomic E-state index is 11.1. The average molecular weight is 166 g/mol. The minimum atomic E-state index is 0.0155. The number of aryl methyl sites for hydroxylation is 1. The molecule has 0 unspecified atom stereocenters. The zero-order chi connectivity index (χ0) is 7.84. The number of rotatable bonds is 0. The first-order chi connectivity index (χ1) is 5.29. The van der Waals surface area contributed by atoms with Gasteiger partial charge in [-0.15, -0.1) is 11.3 Å². The molecule has 2 aromatic rings. The molecule has 0 N–H and O–H groups in total. The van der Waals surface area contributed by atoms with Gasteiger partial charge in [0, 0.05) is 13.1 Å². The van der Waals surface area contributed by atoms with Gasteiger partial charge < -0.3 is 4.57 Å². The normalized spacial score (nSPS) is 10.6. The molecule has 0 saturated heterocycles. The Kier molecular flexibility index (Phi) is 1.29. The number of thiazole rings is 1. The third-order valence-electron chi connectivity index (χ3n) is 1.59. The highest BCUT2D eigenvalue weighted by atomic mass is 32.1. The molecular formula is C7H6N2OS. The summed E-state index contributed by atoms with van der Waals surface area (Å²) in [6, 6.07) is 3.27. The number of aromatic nitrogens is 2. The van der Waals surface area contributed by atoms with Gasteiger partial charge in [0.1, 0.15) is 4.83 Å². The average Bonchev–Trinajstić information content (AvgIpc) is 2.45. The molecular weight excluding hydrogens is 160 g/mol. The van der Waals surface area contributed by atoms with E-state index < -0.39 is 0 Å². The van der Waals surface area contributed by atoms with Gasteiger partial charge in [-0.25, -0.2) is 4.98 Å². The lowest BCUT2D eigenvalue weighted by molar-refractivity contribution is 0.914. The monoisotopic (exact) mass is 166 g/mol. The van der Waals surface area contributed by atoms with Gasteiger partial charge in [0.25, 0.3) is 5.56 Å². The van der Waals surface area contributed by atoms with Crippen molar-refractivity contribution >= 4 is 21.7 Å². The molecule has 56 valence electrons. The number of hydrogen-bond donors (Lipinski definition) is 0. The Morgan fingerprint density at radius 2 is 2.36 bits per heavy atom. The van der Waals surface area contributed by atoms with Crippen molar-refractivity contribution in [2.24, 2.45) is 7.05 Å². The lowest BCUT2D eigenvalue weighted by Crippen LogP contribution is -2.13. The summed E-state index contributed by atoms with van der Waals surface area (Å²) in [6.07, 6.45) is 0. The first kappa shape index (κ1) is 6.54. The summed E-state index contributed by atoms with van der Waals surface area (Å²) in [5, 5.41) is 0. The van der Waals surface area contributed by atoms with Crippen molar-refractivity contribution in [3.05, 3.63) is 28.0 Å². The summed E-state index contributed by atoms with van der Waals surface area (Å²) in [4.78, 5) is 16.1. The quantitative estimate of drug-likeness (QED) is 0.585. The van der Waals surface area contributed by atoms with Gasteiger partial charge in [0.15, 0.2) is 0 Å². The van der Waals surface area contributed by atoms with E-state index in [0.29, 0.717) is 0 Å². The molecule has 0 aliphatic rings. The predicted molar refractivity (Wildman–Crippen MR) is 44.9 cm³/mol. The fraction of sp³-hybridized carbons (Fsp3) is 0.143. The second-order valence-electron chi connectivity index (χ2n) is 2.27. The Morgan fingerprint density at radius 1 is 1.55 bits per heavy atom. The molecule has 0 aliphatic heterocycles. The van der Waals surface area contributed by atoms with E-state index in [0.717, 1.165) is 10.3 Å². The van der Waals surface area contributed by atoms with E-state index in [9.17, 15) is 4.79 Å². The molecule has 0 amide bonds. The van der Waals surface area contributed by atoms with Crippen LogP contribution in [-0.2, 0) is 7.05 Å². The molecule has 0 fully saturated rings. The summed E-state index contributed by atoms with van der Waals surface area (Å²) in [7, 11) is 1.75. The van der Waals surface area contributed by atoms with E-state index in [1.54, 1.807) is 23.2 Å². The maximum Gasteiger partial charge on any atom is 0.251 e. The number of fused-ring (bicyclic) bond motifs is 1. The van der Waals surface area contributed by atoms with Crippen LogP contribution >= 0.6 is 11.3 Å². The summed E-state index contributed by atoms with van der Waals surface area (Å²) in [6.45, 7) is 0. The summed E-state index contributed by atoms with van der Waals surface area (Å²) < 4.78 is 1.60. The third kappa shape index (κ3) is 0.867. The van der Waals surface area contributed by atoms with Crippen LogP contribution in [0.1, 0.15) is 0 Å². The van der Waals surface area contributed by atoms with E-state index >= 15 is 0 Å². The van der Waals surface area contributed by atoms with Gasteiger partial charge in [-0.05, 0) is 6.07 Å². The van der Waals surface area contributed by atoms with E-state index in [2.05, 4.69) is 4.98 Å². The van der Waals surface area contributed by atoms with Crippen molar-refractivity contribution in [2.75, 3.05) is 0 Å². The summed E-state index contributed by atoms with van der Waals surface area (Å²) in [5.74, 6) is 0. The van der Waals surface area contributed by atoms with Crippen molar-refractivity contribution in [3.8, 4) is 0 Å². The van der Waals surface area contributed by atoms with Crippen LogP contribution in [0.5, 0.6) is 0 Å². The first-order valence-corrected chi connectivity index (χ1v) is 4.06.